The molecule has 0 saturated carbocycles. The van der Waals surface area contributed by atoms with Crippen molar-refractivity contribution < 1.29 is 9.53 Å². The van der Waals surface area contributed by atoms with Gasteiger partial charge < -0.3 is 15.4 Å². The fraction of sp³-hybridized carbons (Fsp3) is 0.615. The summed E-state index contributed by atoms with van der Waals surface area (Å²) in [5.74, 6) is 0.0857. The maximum atomic E-state index is 12.1. The lowest BCUT2D eigenvalue weighted by atomic mass is 10.2. The lowest BCUT2D eigenvalue weighted by molar-refractivity contribution is -0.141. The van der Waals surface area contributed by atoms with E-state index in [1.807, 2.05) is 13.1 Å². The Bertz CT molecular complexity index is 386. The van der Waals surface area contributed by atoms with Gasteiger partial charge in [0.1, 0.15) is 6.10 Å². The summed E-state index contributed by atoms with van der Waals surface area (Å²) < 4.78 is 5.62. The molecule has 0 bridgehead atoms. The Balaban J connectivity index is 0.00000180. The third kappa shape index (κ3) is 4.45. The van der Waals surface area contributed by atoms with Crippen molar-refractivity contribution in [2.24, 2.45) is 5.73 Å². The van der Waals surface area contributed by atoms with Crippen LogP contribution in [0.1, 0.15) is 17.7 Å². The SMILES string of the molecule is CN(CCc1cccs1)C(=O)[C@@H]1CC[C@H](CN)O1.Cl. The van der Waals surface area contributed by atoms with E-state index in [1.54, 1.807) is 16.2 Å². The van der Waals surface area contributed by atoms with Gasteiger partial charge in [0.25, 0.3) is 5.91 Å². The molecule has 6 heteroatoms. The molecule has 1 aliphatic heterocycles. The van der Waals surface area contributed by atoms with Crippen LogP contribution in [0.3, 0.4) is 0 Å². The maximum absolute atomic E-state index is 12.1. The van der Waals surface area contributed by atoms with Gasteiger partial charge in [-0.25, -0.2) is 0 Å². The van der Waals surface area contributed by atoms with E-state index in [2.05, 4.69) is 11.4 Å². The number of likely N-dealkylation sites (N-methyl/N-ethyl adjacent to an activating group) is 1. The monoisotopic (exact) mass is 304 g/mol. The van der Waals surface area contributed by atoms with Crippen LogP contribution in [0, 0.1) is 0 Å². The molecule has 0 aromatic carbocycles. The average molecular weight is 305 g/mol. The summed E-state index contributed by atoms with van der Waals surface area (Å²) in [4.78, 5) is 15.2. The highest BCUT2D eigenvalue weighted by molar-refractivity contribution is 7.09. The average Bonchev–Trinajstić information content (AvgIpc) is 3.05. The van der Waals surface area contributed by atoms with Crippen LogP contribution in [0.25, 0.3) is 0 Å². The number of carbonyl (C=O) groups excluding carboxylic acids is 1. The third-order valence-corrected chi connectivity index (χ3v) is 4.23. The standard InChI is InChI=1S/C13H20N2O2S.ClH/c1-15(7-6-11-3-2-8-18-11)13(16)12-5-4-10(9-14)17-12;/h2-3,8,10,12H,4-7,9,14H2,1H3;1H/t10-,12+;/m1./s1. The van der Waals surface area contributed by atoms with Gasteiger partial charge in [-0.2, -0.15) is 0 Å². The van der Waals surface area contributed by atoms with E-state index in [4.69, 9.17) is 10.5 Å². The molecule has 1 aromatic rings. The number of amides is 1. The minimum atomic E-state index is -0.285. The highest BCUT2D eigenvalue weighted by atomic mass is 35.5. The Labute approximate surface area is 124 Å². The molecule has 2 N–H and O–H groups in total. The number of nitrogens with zero attached hydrogens (tertiary/aromatic N) is 1. The summed E-state index contributed by atoms with van der Waals surface area (Å²) in [6.45, 7) is 1.25. The molecule has 1 aromatic heterocycles. The van der Waals surface area contributed by atoms with Gasteiger partial charge >= 0.3 is 0 Å². The number of hydrogen-bond acceptors (Lipinski definition) is 4. The van der Waals surface area contributed by atoms with Crippen LogP contribution < -0.4 is 5.73 Å². The number of thiophene rings is 1. The molecule has 0 spiro atoms. The first-order valence-electron chi connectivity index (χ1n) is 6.33. The van der Waals surface area contributed by atoms with Crippen molar-refractivity contribution in [3.63, 3.8) is 0 Å². The second-order valence-corrected chi connectivity index (χ2v) is 5.68. The van der Waals surface area contributed by atoms with Gasteiger partial charge in [-0.1, -0.05) is 6.07 Å². The Morgan fingerprint density at radius 3 is 2.95 bits per heavy atom. The van der Waals surface area contributed by atoms with Crippen LogP contribution in [-0.2, 0) is 16.0 Å². The number of halogens is 1. The summed E-state index contributed by atoms with van der Waals surface area (Å²) in [7, 11) is 1.84. The van der Waals surface area contributed by atoms with Crippen LogP contribution in [0.5, 0.6) is 0 Å². The minimum Gasteiger partial charge on any atom is -0.364 e. The largest absolute Gasteiger partial charge is 0.364 e. The molecule has 4 nitrogen and oxygen atoms in total. The summed E-state index contributed by atoms with van der Waals surface area (Å²) >= 11 is 1.73. The van der Waals surface area contributed by atoms with Crippen molar-refractivity contribution in [1.82, 2.24) is 4.90 Å². The molecule has 2 heterocycles. The molecule has 0 radical (unpaired) electrons. The van der Waals surface area contributed by atoms with Gasteiger partial charge in [0, 0.05) is 25.0 Å². The van der Waals surface area contributed by atoms with E-state index < -0.39 is 0 Å². The molecule has 19 heavy (non-hydrogen) atoms. The van der Waals surface area contributed by atoms with Crippen molar-refractivity contribution in [3.8, 4) is 0 Å². The third-order valence-electron chi connectivity index (χ3n) is 3.30. The first-order chi connectivity index (χ1) is 8.70. The minimum absolute atomic E-state index is 0. The van der Waals surface area contributed by atoms with E-state index >= 15 is 0 Å². The second kappa shape index (κ2) is 7.85. The predicted molar refractivity (Wildman–Crippen MR) is 79.9 cm³/mol. The number of nitrogens with two attached hydrogens (primary N) is 1. The number of hydrogen-bond donors (Lipinski definition) is 1. The van der Waals surface area contributed by atoms with E-state index in [9.17, 15) is 4.79 Å². The van der Waals surface area contributed by atoms with Gasteiger partial charge in [0.2, 0.25) is 0 Å². The van der Waals surface area contributed by atoms with Crippen LogP contribution in [0.2, 0.25) is 0 Å². The lowest BCUT2D eigenvalue weighted by Gasteiger charge is -2.21. The van der Waals surface area contributed by atoms with Gasteiger partial charge in [0.15, 0.2) is 0 Å². The maximum Gasteiger partial charge on any atom is 0.251 e. The summed E-state index contributed by atoms with van der Waals surface area (Å²) in [5.41, 5.74) is 5.55. The number of ether oxygens (including phenoxy) is 1. The van der Waals surface area contributed by atoms with Crippen LogP contribution in [0.4, 0.5) is 0 Å². The van der Waals surface area contributed by atoms with Crippen molar-refractivity contribution in [1.29, 1.82) is 0 Å². The molecule has 1 amide bonds. The highest BCUT2D eigenvalue weighted by Crippen LogP contribution is 2.20. The first kappa shape index (κ1) is 16.4. The fourth-order valence-corrected chi connectivity index (χ4v) is 2.85. The van der Waals surface area contributed by atoms with Crippen LogP contribution in [-0.4, -0.2) is 43.2 Å². The quantitative estimate of drug-likeness (QED) is 0.900. The summed E-state index contributed by atoms with van der Waals surface area (Å²) in [6, 6.07) is 4.13. The highest BCUT2D eigenvalue weighted by Gasteiger charge is 2.31. The van der Waals surface area contributed by atoms with Gasteiger partial charge in [-0.15, -0.1) is 23.7 Å². The van der Waals surface area contributed by atoms with Crippen molar-refractivity contribution in [3.05, 3.63) is 22.4 Å². The Hall–Kier alpha value is -0.620. The molecule has 1 aliphatic rings. The number of carbonyl (C=O) groups is 1. The van der Waals surface area contributed by atoms with E-state index in [-0.39, 0.29) is 30.5 Å². The molecule has 2 rings (SSSR count). The van der Waals surface area contributed by atoms with E-state index in [0.29, 0.717) is 6.54 Å². The molecule has 0 aliphatic carbocycles. The van der Waals surface area contributed by atoms with Crippen molar-refractivity contribution in [2.75, 3.05) is 20.1 Å². The fourth-order valence-electron chi connectivity index (χ4n) is 2.15. The zero-order chi connectivity index (χ0) is 13.0. The summed E-state index contributed by atoms with van der Waals surface area (Å²) in [5, 5.41) is 2.06. The molecule has 108 valence electrons. The predicted octanol–water partition coefficient (Wildman–Crippen LogP) is 1.68. The Kier molecular flexibility index (Phi) is 6.79. The second-order valence-electron chi connectivity index (χ2n) is 4.65. The molecule has 2 atom stereocenters. The van der Waals surface area contributed by atoms with E-state index in [1.165, 1.54) is 4.88 Å². The van der Waals surface area contributed by atoms with Gasteiger partial charge in [0.05, 0.1) is 6.10 Å². The Morgan fingerprint density at radius 1 is 1.58 bits per heavy atom. The Morgan fingerprint density at radius 2 is 2.37 bits per heavy atom. The molecule has 0 unspecified atom stereocenters. The number of rotatable bonds is 5. The van der Waals surface area contributed by atoms with Gasteiger partial charge in [-0.05, 0) is 30.7 Å². The van der Waals surface area contributed by atoms with Crippen LogP contribution in [0.15, 0.2) is 17.5 Å². The molecular weight excluding hydrogens is 284 g/mol. The molecule has 1 fully saturated rings. The summed E-state index contributed by atoms with van der Waals surface area (Å²) in [6.07, 6.45) is 2.37. The smallest absolute Gasteiger partial charge is 0.251 e. The first-order valence-corrected chi connectivity index (χ1v) is 7.21. The van der Waals surface area contributed by atoms with E-state index in [0.717, 1.165) is 25.8 Å². The van der Waals surface area contributed by atoms with Crippen molar-refractivity contribution >= 4 is 29.7 Å². The topological polar surface area (TPSA) is 55.6 Å². The van der Waals surface area contributed by atoms with Crippen LogP contribution >= 0.6 is 23.7 Å². The van der Waals surface area contributed by atoms with Gasteiger partial charge in [-0.3, -0.25) is 4.79 Å². The zero-order valence-corrected chi connectivity index (χ0v) is 12.7. The molecular formula is C13H21ClN2O2S. The molecule has 1 saturated heterocycles. The lowest BCUT2D eigenvalue weighted by Crippen LogP contribution is -2.38. The van der Waals surface area contributed by atoms with Crippen molar-refractivity contribution in [2.45, 2.75) is 31.5 Å². The zero-order valence-electron chi connectivity index (χ0n) is 11.1. The normalized spacial score (nSPS) is 22.0.